The van der Waals surface area contributed by atoms with Gasteiger partial charge in [0, 0.05) is 25.1 Å². The lowest BCUT2D eigenvalue weighted by atomic mass is 9.85. The van der Waals surface area contributed by atoms with Crippen LogP contribution in [0.15, 0.2) is 84.9 Å². The van der Waals surface area contributed by atoms with E-state index in [1.165, 1.54) is 13.1 Å². The Hall–Kier alpha value is -4.22. The Kier molecular flexibility index (Phi) is 14.0. The number of nitrogens with one attached hydrogen (secondary N) is 3. The highest BCUT2D eigenvalue weighted by Crippen LogP contribution is 2.23. The second-order valence-electron chi connectivity index (χ2n) is 14.2. The normalized spacial score (nSPS) is 14.3. The fraction of sp³-hybridized carbons (Fsp3) is 0.447. The maximum absolute atomic E-state index is 13.5. The van der Waals surface area contributed by atoms with Gasteiger partial charge in [-0.05, 0) is 53.5 Å². The van der Waals surface area contributed by atoms with Gasteiger partial charge in [-0.2, -0.15) is 0 Å². The van der Waals surface area contributed by atoms with Crippen LogP contribution in [-0.4, -0.2) is 56.5 Å². The first-order valence-corrected chi connectivity index (χ1v) is 18.3. The first-order valence-electron chi connectivity index (χ1n) is 16.7. The summed E-state index contributed by atoms with van der Waals surface area (Å²) < 4.78 is 27.4. The number of hydrogen-bond acceptors (Lipinski definition) is 6. The minimum Gasteiger partial charge on any atom is -0.391 e. The molecule has 0 aliphatic rings. The van der Waals surface area contributed by atoms with Crippen molar-refractivity contribution in [2.45, 2.75) is 84.9 Å². The zero-order valence-corrected chi connectivity index (χ0v) is 30.5. The third-order valence-corrected chi connectivity index (χ3v) is 10.1. The zero-order chi connectivity index (χ0) is 36.4. The molecule has 266 valence electrons. The minimum atomic E-state index is -3.72. The molecule has 0 aliphatic heterocycles. The highest BCUT2D eigenvalue weighted by molar-refractivity contribution is 7.92. The van der Waals surface area contributed by atoms with E-state index in [0.717, 1.165) is 9.87 Å². The number of carbonyl (C=O) groups is 3. The molecule has 4 atom stereocenters. The van der Waals surface area contributed by atoms with Gasteiger partial charge in [-0.25, -0.2) is 8.42 Å². The molecule has 0 aromatic heterocycles. The standard InChI is InChI=1S/C38H52N4O6S/c1-26(2)21-32(40-36(45)30-19-14-20-31(23-30)42(7)49(47,48)25-29-17-12-9-13-18-29)33(43)22-27(3)35(44)41-34(38(4,5)6)37(46)39-24-28-15-10-8-11-16-28/h8-20,23,26-27,32-34,43H,21-22,24-25H2,1-7H3,(H,39,46)(H,40,45)(H,41,44)/t27-,32+,33+,34-/m1/s1. The van der Waals surface area contributed by atoms with Gasteiger partial charge in [0.2, 0.25) is 21.8 Å². The Morgan fingerprint density at radius 3 is 1.96 bits per heavy atom. The van der Waals surface area contributed by atoms with Gasteiger partial charge >= 0.3 is 0 Å². The lowest BCUT2D eigenvalue weighted by Crippen LogP contribution is -2.55. The van der Waals surface area contributed by atoms with Gasteiger partial charge in [-0.3, -0.25) is 18.7 Å². The van der Waals surface area contributed by atoms with Crippen LogP contribution in [0.3, 0.4) is 0 Å². The molecule has 0 aliphatic carbocycles. The van der Waals surface area contributed by atoms with Crippen LogP contribution in [0.2, 0.25) is 0 Å². The van der Waals surface area contributed by atoms with Gasteiger partial charge in [0.05, 0.1) is 23.6 Å². The Balaban J connectivity index is 1.67. The van der Waals surface area contributed by atoms with E-state index in [4.69, 9.17) is 0 Å². The van der Waals surface area contributed by atoms with Gasteiger partial charge in [-0.15, -0.1) is 0 Å². The number of nitrogens with zero attached hydrogens (tertiary/aromatic N) is 1. The Labute approximate surface area is 291 Å². The minimum absolute atomic E-state index is 0.0481. The van der Waals surface area contributed by atoms with E-state index in [2.05, 4.69) is 16.0 Å². The number of amides is 3. The van der Waals surface area contributed by atoms with E-state index in [9.17, 15) is 27.9 Å². The van der Waals surface area contributed by atoms with Crippen molar-refractivity contribution in [3.05, 3.63) is 102 Å². The van der Waals surface area contributed by atoms with Gasteiger partial charge in [0.25, 0.3) is 5.91 Å². The maximum atomic E-state index is 13.5. The number of aliphatic hydroxyl groups is 1. The van der Waals surface area contributed by atoms with Crippen molar-refractivity contribution in [3.63, 3.8) is 0 Å². The molecular formula is C38H52N4O6S. The predicted molar refractivity (Wildman–Crippen MR) is 194 cm³/mol. The van der Waals surface area contributed by atoms with Crippen molar-refractivity contribution < 1.29 is 27.9 Å². The van der Waals surface area contributed by atoms with Crippen LogP contribution in [0.4, 0.5) is 5.69 Å². The van der Waals surface area contributed by atoms with E-state index < -0.39 is 45.5 Å². The van der Waals surface area contributed by atoms with Crippen molar-refractivity contribution in [2.24, 2.45) is 17.3 Å². The van der Waals surface area contributed by atoms with Crippen LogP contribution in [0.1, 0.15) is 75.9 Å². The van der Waals surface area contributed by atoms with E-state index >= 15 is 0 Å². The lowest BCUT2D eigenvalue weighted by Gasteiger charge is -2.32. The number of sulfonamides is 1. The van der Waals surface area contributed by atoms with E-state index in [0.29, 0.717) is 24.2 Å². The predicted octanol–water partition coefficient (Wildman–Crippen LogP) is 5.03. The molecule has 11 heteroatoms. The quantitative estimate of drug-likeness (QED) is 0.166. The second kappa shape index (κ2) is 17.4. The number of rotatable bonds is 16. The molecule has 0 spiro atoms. The number of benzene rings is 3. The lowest BCUT2D eigenvalue weighted by molar-refractivity contribution is -0.134. The van der Waals surface area contributed by atoms with E-state index in [1.807, 2.05) is 71.0 Å². The van der Waals surface area contributed by atoms with Gasteiger partial charge in [-0.1, -0.05) is 108 Å². The van der Waals surface area contributed by atoms with Crippen molar-refractivity contribution in [2.75, 3.05) is 11.4 Å². The van der Waals surface area contributed by atoms with E-state index in [-0.39, 0.29) is 35.5 Å². The first kappa shape index (κ1) is 39.2. The Morgan fingerprint density at radius 2 is 1.39 bits per heavy atom. The van der Waals surface area contributed by atoms with Crippen LogP contribution in [0.25, 0.3) is 0 Å². The number of carbonyl (C=O) groups excluding carboxylic acids is 3. The largest absolute Gasteiger partial charge is 0.391 e. The molecule has 0 saturated heterocycles. The van der Waals surface area contributed by atoms with Crippen LogP contribution in [0, 0.1) is 17.3 Å². The summed E-state index contributed by atoms with van der Waals surface area (Å²) in [4.78, 5) is 40.0. The number of hydrogen-bond donors (Lipinski definition) is 4. The molecule has 3 aromatic rings. The van der Waals surface area contributed by atoms with Gasteiger partial charge < -0.3 is 21.1 Å². The molecule has 4 N–H and O–H groups in total. The molecule has 0 saturated carbocycles. The molecule has 0 bridgehead atoms. The SMILES string of the molecule is CC(C)C[C@H](NC(=O)c1cccc(N(C)S(=O)(=O)Cc2ccccc2)c1)[C@@H](O)C[C@@H](C)C(=O)N[C@H](C(=O)NCc1ccccc1)C(C)(C)C. The summed E-state index contributed by atoms with van der Waals surface area (Å²) in [5.74, 6) is -1.90. The molecule has 0 unspecified atom stereocenters. The van der Waals surface area contributed by atoms with Crippen LogP contribution < -0.4 is 20.3 Å². The third kappa shape index (κ3) is 12.0. The highest BCUT2D eigenvalue weighted by Gasteiger charge is 2.35. The number of aliphatic hydroxyl groups excluding tert-OH is 1. The Morgan fingerprint density at radius 1 is 0.796 bits per heavy atom. The summed E-state index contributed by atoms with van der Waals surface area (Å²) in [6.07, 6.45) is -0.574. The summed E-state index contributed by atoms with van der Waals surface area (Å²) in [6, 6.07) is 23.2. The zero-order valence-electron chi connectivity index (χ0n) is 29.6. The Bertz CT molecular complexity index is 1640. The van der Waals surface area contributed by atoms with Crippen LogP contribution >= 0.6 is 0 Å². The molecule has 49 heavy (non-hydrogen) atoms. The molecule has 3 amide bonds. The summed E-state index contributed by atoms with van der Waals surface area (Å²) in [5, 5.41) is 20.0. The van der Waals surface area contributed by atoms with E-state index in [1.54, 1.807) is 49.4 Å². The highest BCUT2D eigenvalue weighted by atomic mass is 32.2. The monoisotopic (exact) mass is 692 g/mol. The van der Waals surface area contributed by atoms with Crippen LogP contribution in [0.5, 0.6) is 0 Å². The molecule has 0 heterocycles. The fourth-order valence-corrected chi connectivity index (χ4v) is 6.68. The number of anilines is 1. The van der Waals surface area contributed by atoms with Crippen LogP contribution in [-0.2, 0) is 31.9 Å². The summed E-state index contributed by atoms with van der Waals surface area (Å²) >= 11 is 0. The van der Waals surface area contributed by atoms with Crippen molar-refractivity contribution in [1.29, 1.82) is 0 Å². The summed E-state index contributed by atoms with van der Waals surface area (Å²) in [6.45, 7) is 11.6. The average Bonchev–Trinajstić information content (AvgIpc) is 3.05. The van der Waals surface area contributed by atoms with Crippen molar-refractivity contribution >= 4 is 33.4 Å². The van der Waals surface area contributed by atoms with Gasteiger partial charge in [0.15, 0.2) is 0 Å². The summed E-state index contributed by atoms with van der Waals surface area (Å²) in [5.41, 5.74) is 1.58. The molecule has 0 radical (unpaired) electrons. The fourth-order valence-electron chi connectivity index (χ4n) is 5.44. The molecule has 10 nitrogen and oxygen atoms in total. The molecule has 3 rings (SSSR count). The topological polar surface area (TPSA) is 145 Å². The van der Waals surface area contributed by atoms with Crippen molar-refractivity contribution in [3.8, 4) is 0 Å². The molecule has 0 fully saturated rings. The average molecular weight is 693 g/mol. The molecular weight excluding hydrogens is 641 g/mol. The second-order valence-corrected chi connectivity index (χ2v) is 16.2. The van der Waals surface area contributed by atoms with Crippen molar-refractivity contribution in [1.82, 2.24) is 16.0 Å². The smallest absolute Gasteiger partial charge is 0.251 e. The first-order chi connectivity index (χ1) is 23.0. The molecule has 3 aromatic carbocycles. The third-order valence-electron chi connectivity index (χ3n) is 8.35. The maximum Gasteiger partial charge on any atom is 0.251 e. The van der Waals surface area contributed by atoms with Gasteiger partial charge in [0.1, 0.15) is 6.04 Å². The summed E-state index contributed by atoms with van der Waals surface area (Å²) in [7, 11) is -2.28.